The molecule has 4 nitrogen and oxygen atoms in total. The van der Waals surface area contributed by atoms with Gasteiger partial charge in [-0.25, -0.2) is 4.98 Å². The summed E-state index contributed by atoms with van der Waals surface area (Å²) >= 11 is 0. The zero-order valence-corrected chi connectivity index (χ0v) is 9.75. The molecule has 3 aromatic rings. The number of rotatable bonds is 2. The van der Waals surface area contributed by atoms with Crippen LogP contribution in [0.25, 0.3) is 22.4 Å². The monoisotopic (exact) mass is 238 g/mol. The summed E-state index contributed by atoms with van der Waals surface area (Å²) in [6, 6.07) is 9.70. The van der Waals surface area contributed by atoms with Crippen LogP contribution in [-0.4, -0.2) is 16.4 Å². The number of carbonyl (C=O) groups excluding carboxylic acids is 1. The standard InChI is InChI=1S/C14H10N2O2/c1-9-2-4-11(5-3-9)13-12-6-10(8-17)7-15-14(12)18-16-13/h2-8H,1H3. The van der Waals surface area contributed by atoms with E-state index in [-0.39, 0.29) is 0 Å². The average molecular weight is 238 g/mol. The minimum Gasteiger partial charge on any atom is -0.335 e. The van der Waals surface area contributed by atoms with Crippen LogP contribution in [0.1, 0.15) is 15.9 Å². The van der Waals surface area contributed by atoms with Gasteiger partial charge in [0.15, 0.2) is 6.29 Å². The molecule has 2 heterocycles. The second-order valence-electron chi connectivity index (χ2n) is 4.14. The molecule has 0 amide bonds. The summed E-state index contributed by atoms with van der Waals surface area (Å²) in [5.41, 5.74) is 3.79. The van der Waals surface area contributed by atoms with Crippen molar-refractivity contribution >= 4 is 17.4 Å². The Morgan fingerprint density at radius 1 is 1.22 bits per heavy atom. The van der Waals surface area contributed by atoms with Gasteiger partial charge in [-0.3, -0.25) is 4.79 Å². The Hall–Kier alpha value is -2.49. The molecule has 2 aromatic heterocycles. The molecule has 0 saturated carbocycles. The van der Waals surface area contributed by atoms with Gasteiger partial charge in [-0.1, -0.05) is 35.0 Å². The molecule has 1 aromatic carbocycles. The van der Waals surface area contributed by atoms with Crippen molar-refractivity contribution in [3.05, 3.63) is 47.7 Å². The van der Waals surface area contributed by atoms with Gasteiger partial charge < -0.3 is 4.52 Å². The van der Waals surface area contributed by atoms with Crippen molar-refractivity contribution < 1.29 is 9.32 Å². The first-order valence-electron chi connectivity index (χ1n) is 5.55. The van der Waals surface area contributed by atoms with Crippen molar-refractivity contribution in [1.82, 2.24) is 10.1 Å². The normalized spacial score (nSPS) is 10.7. The molecule has 0 spiro atoms. The van der Waals surface area contributed by atoms with E-state index < -0.39 is 0 Å². The lowest BCUT2D eigenvalue weighted by Crippen LogP contribution is -1.83. The highest BCUT2D eigenvalue weighted by atomic mass is 16.5. The number of aromatic nitrogens is 2. The number of fused-ring (bicyclic) bond motifs is 1. The number of pyridine rings is 1. The second kappa shape index (κ2) is 4.07. The molecule has 0 atom stereocenters. The highest BCUT2D eigenvalue weighted by Gasteiger charge is 2.11. The molecular formula is C14H10N2O2. The van der Waals surface area contributed by atoms with Crippen LogP contribution in [0.4, 0.5) is 0 Å². The Bertz CT molecular complexity index is 714. The van der Waals surface area contributed by atoms with Gasteiger partial charge in [-0.2, -0.15) is 0 Å². The van der Waals surface area contributed by atoms with Crippen LogP contribution in [0.2, 0.25) is 0 Å². The minimum absolute atomic E-state index is 0.441. The third-order valence-corrected chi connectivity index (χ3v) is 2.81. The molecule has 0 fully saturated rings. The van der Waals surface area contributed by atoms with E-state index in [1.165, 1.54) is 11.8 Å². The fourth-order valence-electron chi connectivity index (χ4n) is 1.83. The third-order valence-electron chi connectivity index (χ3n) is 2.81. The lowest BCUT2D eigenvalue weighted by Gasteiger charge is -1.97. The van der Waals surface area contributed by atoms with E-state index in [1.807, 2.05) is 31.2 Å². The summed E-state index contributed by atoms with van der Waals surface area (Å²) in [6.07, 6.45) is 2.23. The van der Waals surface area contributed by atoms with Crippen molar-refractivity contribution in [2.45, 2.75) is 6.92 Å². The van der Waals surface area contributed by atoms with Crippen molar-refractivity contribution in [3.8, 4) is 11.3 Å². The zero-order chi connectivity index (χ0) is 12.5. The van der Waals surface area contributed by atoms with E-state index in [1.54, 1.807) is 6.07 Å². The first-order chi connectivity index (χ1) is 8.78. The van der Waals surface area contributed by atoms with Crippen molar-refractivity contribution in [1.29, 1.82) is 0 Å². The number of aldehydes is 1. The van der Waals surface area contributed by atoms with Gasteiger partial charge in [0, 0.05) is 17.3 Å². The van der Waals surface area contributed by atoms with Crippen LogP contribution in [0, 0.1) is 6.92 Å². The maximum atomic E-state index is 10.8. The highest BCUT2D eigenvalue weighted by molar-refractivity contribution is 5.92. The van der Waals surface area contributed by atoms with Gasteiger partial charge >= 0.3 is 0 Å². The van der Waals surface area contributed by atoms with E-state index in [4.69, 9.17) is 4.52 Å². The van der Waals surface area contributed by atoms with E-state index in [0.29, 0.717) is 17.0 Å². The fourth-order valence-corrected chi connectivity index (χ4v) is 1.83. The lowest BCUT2D eigenvalue weighted by molar-refractivity contribution is 0.112. The number of benzene rings is 1. The van der Waals surface area contributed by atoms with Crippen LogP contribution >= 0.6 is 0 Å². The number of aryl methyl sites for hydroxylation is 1. The summed E-state index contributed by atoms with van der Waals surface area (Å²) in [7, 11) is 0. The molecule has 0 unspecified atom stereocenters. The van der Waals surface area contributed by atoms with Crippen LogP contribution in [0.5, 0.6) is 0 Å². The van der Waals surface area contributed by atoms with Crippen molar-refractivity contribution in [3.63, 3.8) is 0 Å². The van der Waals surface area contributed by atoms with Crippen LogP contribution in [-0.2, 0) is 0 Å². The summed E-state index contributed by atoms with van der Waals surface area (Å²) < 4.78 is 5.16. The summed E-state index contributed by atoms with van der Waals surface area (Å²) in [5.74, 6) is 0. The van der Waals surface area contributed by atoms with Crippen LogP contribution in [0.3, 0.4) is 0 Å². The highest BCUT2D eigenvalue weighted by Crippen LogP contribution is 2.27. The molecule has 88 valence electrons. The van der Waals surface area contributed by atoms with Gasteiger partial charge in [-0.15, -0.1) is 0 Å². The first-order valence-corrected chi connectivity index (χ1v) is 5.55. The number of nitrogens with zero attached hydrogens (tertiary/aromatic N) is 2. The van der Waals surface area contributed by atoms with E-state index in [9.17, 15) is 4.79 Å². The Morgan fingerprint density at radius 3 is 2.72 bits per heavy atom. The predicted octanol–water partition coefficient (Wildman–Crippen LogP) is 3.01. The number of hydrogen-bond acceptors (Lipinski definition) is 4. The van der Waals surface area contributed by atoms with Gasteiger partial charge in [0.05, 0.1) is 5.39 Å². The predicted molar refractivity (Wildman–Crippen MR) is 67.4 cm³/mol. The SMILES string of the molecule is Cc1ccc(-c2noc3ncc(C=O)cc23)cc1. The molecule has 0 aliphatic carbocycles. The number of carbonyl (C=O) groups is 1. The summed E-state index contributed by atoms with van der Waals surface area (Å²) in [5, 5.41) is 4.77. The summed E-state index contributed by atoms with van der Waals surface area (Å²) in [4.78, 5) is 14.8. The Morgan fingerprint density at radius 2 is 2.00 bits per heavy atom. The van der Waals surface area contributed by atoms with E-state index in [0.717, 1.165) is 17.2 Å². The lowest BCUT2D eigenvalue weighted by atomic mass is 10.1. The van der Waals surface area contributed by atoms with Crippen molar-refractivity contribution in [2.24, 2.45) is 0 Å². The Kier molecular flexibility index (Phi) is 2.41. The molecule has 0 radical (unpaired) electrons. The molecule has 0 bridgehead atoms. The third kappa shape index (κ3) is 1.68. The minimum atomic E-state index is 0.441. The maximum Gasteiger partial charge on any atom is 0.258 e. The van der Waals surface area contributed by atoms with Crippen LogP contribution < -0.4 is 0 Å². The second-order valence-corrected chi connectivity index (χ2v) is 4.14. The van der Waals surface area contributed by atoms with Crippen LogP contribution in [0.15, 0.2) is 41.1 Å². The maximum absolute atomic E-state index is 10.8. The molecule has 0 aliphatic heterocycles. The molecule has 0 N–H and O–H groups in total. The smallest absolute Gasteiger partial charge is 0.258 e. The van der Waals surface area contributed by atoms with E-state index >= 15 is 0 Å². The summed E-state index contributed by atoms with van der Waals surface area (Å²) in [6.45, 7) is 2.02. The van der Waals surface area contributed by atoms with Crippen molar-refractivity contribution in [2.75, 3.05) is 0 Å². The molecule has 3 rings (SSSR count). The van der Waals surface area contributed by atoms with E-state index in [2.05, 4.69) is 10.1 Å². The first kappa shape index (κ1) is 10.7. The Labute approximate surface area is 103 Å². The largest absolute Gasteiger partial charge is 0.335 e. The van der Waals surface area contributed by atoms with Gasteiger partial charge in [0.1, 0.15) is 5.69 Å². The molecule has 18 heavy (non-hydrogen) atoms. The van der Waals surface area contributed by atoms with Gasteiger partial charge in [-0.05, 0) is 13.0 Å². The topological polar surface area (TPSA) is 56.0 Å². The van der Waals surface area contributed by atoms with Gasteiger partial charge in [0.2, 0.25) is 0 Å². The molecule has 0 saturated heterocycles. The number of hydrogen-bond donors (Lipinski definition) is 0. The quantitative estimate of drug-likeness (QED) is 0.644. The fraction of sp³-hybridized carbons (Fsp3) is 0.0714. The average Bonchev–Trinajstić information content (AvgIpc) is 2.82. The molecular weight excluding hydrogens is 228 g/mol. The van der Waals surface area contributed by atoms with Gasteiger partial charge in [0.25, 0.3) is 5.71 Å². The molecule has 4 heteroatoms. The zero-order valence-electron chi connectivity index (χ0n) is 9.75. The molecule has 0 aliphatic rings. The Balaban J connectivity index is 2.22.